The first kappa shape index (κ1) is 23.6. The van der Waals surface area contributed by atoms with Crippen molar-refractivity contribution in [3.8, 4) is 5.75 Å². The molecule has 1 aliphatic rings. The van der Waals surface area contributed by atoms with Crippen LogP contribution >= 0.6 is 0 Å². The molecule has 0 heterocycles. The van der Waals surface area contributed by atoms with Crippen LogP contribution in [-0.4, -0.2) is 23.0 Å². The summed E-state index contributed by atoms with van der Waals surface area (Å²) < 4.78 is 44.6. The second-order valence-electron chi connectivity index (χ2n) is 8.63. The van der Waals surface area contributed by atoms with Crippen LogP contribution in [0.2, 0.25) is 0 Å². The largest absolute Gasteiger partial charge is 0.487 e. The molecular weight excluding hydrogens is 447 g/mol. The molecule has 1 atom stereocenters. The molecule has 1 aliphatic carbocycles. The van der Waals surface area contributed by atoms with Crippen LogP contribution in [0.25, 0.3) is 10.8 Å². The van der Waals surface area contributed by atoms with Gasteiger partial charge in [0.2, 0.25) is 0 Å². The summed E-state index contributed by atoms with van der Waals surface area (Å²) in [5.74, 6) is -1.50. The molecule has 8 heteroatoms. The highest BCUT2D eigenvalue weighted by Gasteiger charge is 2.34. The highest BCUT2D eigenvalue weighted by atomic mass is 19.4. The van der Waals surface area contributed by atoms with E-state index < -0.39 is 29.7 Å². The number of amides is 1. The number of alkyl halides is 3. The van der Waals surface area contributed by atoms with Gasteiger partial charge in [0.25, 0.3) is 5.91 Å². The molecule has 1 amide bonds. The Morgan fingerprint density at radius 1 is 1.09 bits per heavy atom. The first-order valence-electron chi connectivity index (χ1n) is 11.0. The van der Waals surface area contributed by atoms with Crippen molar-refractivity contribution in [2.45, 2.75) is 45.0 Å². The summed E-state index contributed by atoms with van der Waals surface area (Å²) >= 11 is 0. The number of nitrogens with one attached hydrogen (secondary N) is 1. The summed E-state index contributed by atoms with van der Waals surface area (Å²) in [6.45, 7) is 1.83. The zero-order valence-electron chi connectivity index (χ0n) is 18.5. The van der Waals surface area contributed by atoms with E-state index in [-0.39, 0.29) is 23.8 Å². The van der Waals surface area contributed by atoms with Gasteiger partial charge in [-0.25, -0.2) is 4.79 Å². The minimum atomic E-state index is -4.43. The van der Waals surface area contributed by atoms with Gasteiger partial charge in [-0.2, -0.15) is 13.2 Å². The molecule has 5 nitrogen and oxygen atoms in total. The Balaban J connectivity index is 1.64. The van der Waals surface area contributed by atoms with Gasteiger partial charge in [-0.05, 0) is 60.9 Å². The van der Waals surface area contributed by atoms with Gasteiger partial charge in [0, 0.05) is 5.39 Å². The summed E-state index contributed by atoms with van der Waals surface area (Å²) in [6.07, 6.45) is -2.02. The van der Waals surface area contributed by atoms with Gasteiger partial charge in [-0.15, -0.1) is 0 Å². The van der Waals surface area contributed by atoms with E-state index >= 15 is 0 Å². The highest BCUT2D eigenvalue weighted by molar-refractivity contribution is 6.05. The molecule has 0 aliphatic heterocycles. The lowest BCUT2D eigenvalue weighted by molar-refractivity contribution is -0.141. The zero-order valence-corrected chi connectivity index (χ0v) is 18.5. The third kappa shape index (κ3) is 5.00. The van der Waals surface area contributed by atoms with Gasteiger partial charge in [0.1, 0.15) is 18.4 Å². The van der Waals surface area contributed by atoms with Gasteiger partial charge in [0.15, 0.2) is 0 Å². The lowest BCUT2D eigenvalue weighted by Crippen LogP contribution is -2.48. The van der Waals surface area contributed by atoms with Gasteiger partial charge in [-0.1, -0.05) is 42.3 Å². The second-order valence-corrected chi connectivity index (χ2v) is 8.63. The number of carbonyl (C=O) groups excluding carboxylic acids is 1. The molecule has 0 unspecified atom stereocenters. The molecule has 0 saturated heterocycles. The van der Waals surface area contributed by atoms with Crippen molar-refractivity contribution in [1.82, 2.24) is 5.32 Å². The van der Waals surface area contributed by atoms with Crippen molar-refractivity contribution in [3.05, 3.63) is 76.9 Å². The Bertz CT molecular complexity index is 1220. The Labute approximate surface area is 194 Å². The van der Waals surface area contributed by atoms with E-state index in [2.05, 4.69) is 5.32 Å². The molecule has 34 heavy (non-hydrogen) atoms. The number of rotatable bonds is 7. The maximum Gasteiger partial charge on any atom is 0.416 e. The number of aryl methyl sites for hydroxylation is 1. The standard InChI is InChI=1S/C26H24F3NO4/c1-15-5-8-17-9-12-20(24(31)30-22(25(32)33)18-3-2-4-18)23(21(17)13-15)34-14-16-6-10-19(11-7-16)26(27,28)29/h5-13,18,22H,2-4,14H2,1H3,(H,30,31)(H,32,33)/t22-/m0/s1. The summed E-state index contributed by atoms with van der Waals surface area (Å²) in [7, 11) is 0. The van der Waals surface area contributed by atoms with Crippen LogP contribution in [0.15, 0.2) is 54.6 Å². The van der Waals surface area contributed by atoms with Crippen LogP contribution in [0.5, 0.6) is 5.75 Å². The molecule has 0 aromatic heterocycles. The number of carboxylic acids is 1. The molecular formula is C26H24F3NO4. The van der Waals surface area contributed by atoms with E-state index in [9.17, 15) is 27.9 Å². The minimum Gasteiger partial charge on any atom is -0.487 e. The first-order valence-corrected chi connectivity index (χ1v) is 11.0. The topological polar surface area (TPSA) is 75.6 Å². The van der Waals surface area contributed by atoms with Crippen molar-refractivity contribution in [2.24, 2.45) is 5.92 Å². The first-order chi connectivity index (χ1) is 16.1. The number of benzene rings is 3. The monoisotopic (exact) mass is 471 g/mol. The Kier molecular flexibility index (Phi) is 6.50. The zero-order chi connectivity index (χ0) is 24.5. The average molecular weight is 471 g/mol. The van der Waals surface area contributed by atoms with E-state index in [4.69, 9.17) is 4.74 Å². The number of carbonyl (C=O) groups is 2. The third-order valence-electron chi connectivity index (χ3n) is 6.21. The molecule has 2 N–H and O–H groups in total. The fourth-order valence-corrected chi connectivity index (χ4v) is 4.06. The van der Waals surface area contributed by atoms with Gasteiger partial charge >= 0.3 is 12.1 Å². The lowest BCUT2D eigenvalue weighted by atomic mass is 9.79. The lowest BCUT2D eigenvalue weighted by Gasteiger charge is -2.31. The number of halogens is 3. The van der Waals surface area contributed by atoms with Crippen LogP contribution in [0.4, 0.5) is 13.2 Å². The van der Waals surface area contributed by atoms with Crippen LogP contribution in [0.1, 0.15) is 46.3 Å². The van der Waals surface area contributed by atoms with E-state index in [1.54, 1.807) is 12.1 Å². The van der Waals surface area contributed by atoms with Crippen molar-refractivity contribution in [3.63, 3.8) is 0 Å². The van der Waals surface area contributed by atoms with E-state index in [1.807, 2.05) is 25.1 Å². The summed E-state index contributed by atoms with van der Waals surface area (Å²) in [5.41, 5.74) is 0.854. The van der Waals surface area contributed by atoms with Crippen molar-refractivity contribution in [1.29, 1.82) is 0 Å². The SMILES string of the molecule is Cc1ccc2ccc(C(=O)N[C@H](C(=O)O)C3CCC3)c(OCc3ccc(C(F)(F)F)cc3)c2c1. The number of ether oxygens (including phenoxy) is 1. The number of hydrogen-bond donors (Lipinski definition) is 2. The van der Waals surface area contributed by atoms with Gasteiger partial charge in [0.05, 0.1) is 11.1 Å². The summed E-state index contributed by atoms with van der Waals surface area (Å²) in [5, 5.41) is 13.7. The fourth-order valence-electron chi connectivity index (χ4n) is 4.06. The molecule has 4 rings (SSSR count). The molecule has 3 aromatic carbocycles. The summed E-state index contributed by atoms with van der Waals surface area (Å²) in [6, 6.07) is 12.6. The van der Waals surface area contributed by atoms with Crippen molar-refractivity contribution < 1.29 is 32.6 Å². The number of hydrogen-bond acceptors (Lipinski definition) is 3. The van der Waals surface area contributed by atoms with Gasteiger partial charge in [-0.3, -0.25) is 4.79 Å². The van der Waals surface area contributed by atoms with E-state index in [0.29, 0.717) is 10.9 Å². The molecule has 3 aromatic rings. The fraction of sp³-hybridized carbons (Fsp3) is 0.308. The summed E-state index contributed by atoms with van der Waals surface area (Å²) in [4.78, 5) is 24.9. The molecule has 0 spiro atoms. The number of fused-ring (bicyclic) bond motifs is 1. The Morgan fingerprint density at radius 2 is 1.76 bits per heavy atom. The van der Waals surface area contributed by atoms with Crippen LogP contribution < -0.4 is 10.1 Å². The number of aliphatic carboxylic acids is 1. The smallest absolute Gasteiger partial charge is 0.416 e. The predicted molar refractivity (Wildman–Crippen MR) is 121 cm³/mol. The quantitative estimate of drug-likeness (QED) is 0.462. The maximum atomic E-state index is 13.1. The van der Waals surface area contributed by atoms with E-state index in [0.717, 1.165) is 42.3 Å². The van der Waals surface area contributed by atoms with Crippen LogP contribution in [0.3, 0.4) is 0 Å². The molecule has 1 saturated carbocycles. The molecule has 1 fully saturated rings. The van der Waals surface area contributed by atoms with Crippen molar-refractivity contribution in [2.75, 3.05) is 0 Å². The minimum absolute atomic E-state index is 0.0591. The highest BCUT2D eigenvalue weighted by Crippen LogP contribution is 2.34. The Hall–Kier alpha value is -3.55. The van der Waals surface area contributed by atoms with Crippen molar-refractivity contribution >= 4 is 22.6 Å². The maximum absolute atomic E-state index is 13.1. The molecule has 178 valence electrons. The average Bonchev–Trinajstić information content (AvgIpc) is 2.75. The second kappa shape index (κ2) is 9.37. The predicted octanol–water partition coefficient (Wildman–Crippen LogP) is 5.73. The Morgan fingerprint density at radius 3 is 2.35 bits per heavy atom. The van der Waals surface area contributed by atoms with Crippen LogP contribution in [0, 0.1) is 12.8 Å². The van der Waals surface area contributed by atoms with E-state index in [1.165, 1.54) is 12.1 Å². The molecule has 0 bridgehead atoms. The van der Waals surface area contributed by atoms with Gasteiger partial charge < -0.3 is 15.2 Å². The third-order valence-corrected chi connectivity index (χ3v) is 6.21. The normalized spacial score (nSPS) is 14.9. The number of carboxylic acid groups (broad SMARTS) is 1. The van der Waals surface area contributed by atoms with Crippen LogP contribution in [-0.2, 0) is 17.6 Å². The molecule has 0 radical (unpaired) electrons.